The molecule has 3 aliphatic rings. The monoisotopic (exact) mass is 308 g/mol. The molecule has 1 aromatic heterocycles. The smallest absolute Gasteiger partial charge is 0.258 e. The van der Waals surface area contributed by atoms with Gasteiger partial charge in [0.05, 0.1) is 0 Å². The lowest BCUT2D eigenvalue weighted by molar-refractivity contribution is 0.136. The zero-order chi connectivity index (χ0) is 15.6. The van der Waals surface area contributed by atoms with Crippen molar-refractivity contribution in [1.29, 1.82) is 0 Å². The standard InChI is InChI=1S/C20H24N2O/c1-21-15-8-9-16(21)11-17(10-15)22-12-14-6-2-4-13-5-3-7-18(19(13)14)20(22)23/h3,5,7,12,15-17H,2,4,6,8-11H2,1H3/t15-,16+,17+. The van der Waals surface area contributed by atoms with E-state index in [1.165, 1.54) is 35.8 Å². The number of fused-ring (bicyclic) bond motifs is 2. The van der Waals surface area contributed by atoms with Crippen LogP contribution in [0.15, 0.2) is 29.2 Å². The topological polar surface area (TPSA) is 25.2 Å². The molecule has 2 bridgehead atoms. The predicted molar refractivity (Wildman–Crippen MR) is 93.1 cm³/mol. The van der Waals surface area contributed by atoms with E-state index < -0.39 is 0 Å². The van der Waals surface area contributed by atoms with Crippen LogP contribution < -0.4 is 5.56 Å². The van der Waals surface area contributed by atoms with Crippen molar-refractivity contribution in [3.05, 3.63) is 45.9 Å². The SMILES string of the molecule is CN1[C@@H]2CC[C@H]1C[C@@H](n1cc3c4c(cccc4c1=O)CCC3)C2. The molecule has 0 spiro atoms. The zero-order valence-electron chi connectivity index (χ0n) is 13.8. The third kappa shape index (κ3) is 1.96. The summed E-state index contributed by atoms with van der Waals surface area (Å²) in [6, 6.07) is 8.03. The van der Waals surface area contributed by atoms with Crippen LogP contribution in [0.5, 0.6) is 0 Å². The number of benzene rings is 1. The van der Waals surface area contributed by atoms with Gasteiger partial charge in [0.1, 0.15) is 0 Å². The molecule has 3 nitrogen and oxygen atoms in total. The third-order valence-corrected chi connectivity index (χ3v) is 6.59. The molecule has 0 amide bonds. The van der Waals surface area contributed by atoms with E-state index >= 15 is 0 Å². The molecule has 3 atom stereocenters. The summed E-state index contributed by atoms with van der Waals surface area (Å²) in [4.78, 5) is 15.7. The van der Waals surface area contributed by atoms with Gasteiger partial charge in [-0.3, -0.25) is 4.79 Å². The molecule has 0 saturated carbocycles. The molecule has 3 heteroatoms. The molecule has 0 N–H and O–H groups in total. The van der Waals surface area contributed by atoms with Crippen LogP contribution in [0.2, 0.25) is 0 Å². The van der Waals surface area contributed by atoms with E-state index in [1.54, 1.807) is 0 Å². The van der Waals surface area contributed by atoms with E-state index in [-0.39, 0.29) is 5.56 Å². The van der Waals surface area contributed by atoms with Crippen molar-refractivity contribution < 1.29 is 0 Å². The van der Waals surface area contributed by atoms with Gasteiger partial charge in [-0.25, -0.2) is 0 Å². The van der Waals surface area contributed by atoms with Crippen molar-refractivity contribution in [2.24, 2.45) is 0 Å². The summed E-state index contributed by atoms with van der Waals surface area (Å²) in [5.74, 6) is 0. The van der Waals surface area contributed by atoms with Crippen molar-refractivity contribution in [2.45, 2.75) is 63.1 Å². The van der Waals surface area contributed by atoms with Crippen LogP contribution >= 0.6 is 0 Å². The molecule has 2 aliphatic heterocycles. The molecule has 3 heterocycles. The van der Waals surface area contributed by atoms with Crippen LogP contribution in [-0.2, 0) is 12.8 Å². The second-order valence-electron chi connectivity index (χ2n) is 7.74. The number of hydrogen-bond donors (Lipinski definition) is 0. The van der Waals surface area contributed by atoms with Gasteiger partial charge in [0.25, 0.3) is 5.56 Å². The maximum atomic E-state index is 13.1. The Morgan fingerprint density at radius 2 is 1.74 bits per heavy atom. The van der Waals surface area contributed by atoms with E-state index in [2.05, 4.69) is 34.8 Å². The van der Waals surface area contributed by atoms with E-state index in [0.29, 0.717) is 18.1 Å². The second kappa shape index (κ2) is 4.94. The Morgan fingerprint density at radius 1 is 1.00 bits per heavy atom. The van der Waals surface area contributed by atoms with Gasteiger partial charge in [-0.05, 0) is 74.6 Å². The van der Waals surface area contributed by atoms with E-state index in [4.69, 9.17) is 0 Å². The lowest BCUT2D eigenvalue weighted by atomic mass is 9.89. The lowest BCUT2D eigenvalue weighted by Crippen LogP contribution is -2.42. The first-order chi connectivity index (χ1) is 11.2. The molecular formula is C20H24N2O. The Labute approximate surface area is 136 Å². The van der Waals surface area contributed by atoms with Crippen molar-refractivity contribution in [1.82, 2.24) is 9.47 Å². The Bertz CT molecular complexity index is 823. The van der Waals surface area contributed by atoms with Crippen molar-refractivity contribution in [3.8, 4) is 0 Å². The van der Waals surface area contributed by atoms with Gasteiger partial charge in [-0.2, -0.15) is 0 Å². The summed E-state index contributed by atoms with van der Waals surface area (Å²) in [7, 11) is 2.26. The fourth-order valence-corrected chi connectivity index (χ4v) is 5.34. The molecule has 2 saturated heterocycles. The third-order valence-electron chi connectivity index (χ3n) is 6.59. The van der Waals surface area contributed by atoms with Crippen LogP contribution in [-0.4, -0.2) is 28.6 Å². The highest BCUT2D eigenvalue weighted by atomic mass is 16.1. The largest absolute Gasteiger partial charge is 0.312 e. The molecular weight excluding hydrogens is 284 g/mol. The van der Waals surface area contributed by atoms with Crippen molar-refractivity contribution >= 4 is 10.8 Å². The molecule has 2 aromatic rings. The molecule has 2 fully saturated rings. The average molecular weight is 308 g/mol. The van der Waals surface area contributed by atoms with Gasteiger partial charge in [0, 0.05) is 29.7 Å². The highest BCUT2D eigenvalue weighted by Gasteiger charge is 2.39. The van der Waals surface area contributed by atoms with Crippen molar-refractivity contribution in [3.63, 3.8) is 0 Å². The van der Waals surface area contributed by atoms with E-state index in [0.717, 1.165) is 31.1 Å². The van der Waals surface area contributed by atoms with Crippen LogP contribution in [0.4, 0.5) is 0 Å². The lowest BCUT2D eigenvalue weighted by Gasteiger charge is -2.37. The van der Waals surface area contributed by atoms with Gasteiger partial charge in [-0.15, -0.1) is 0 Å². The number of piperidine rings is 1. The maximum Gasteiger partial charge on any atom is 0.258 e. The van der Waals surface area contributed by atoms with Gasteiger partial charge < -0.3 is 9.47 Å². The minimum absolute atomic E-state index is 0.237. The Morgan fingerprint density at radius 3 is 2.52 bits per heavy atom. The van der Waals surface area contributed by atoms with Crippen molar-refractivity contribution in [2.75, 3.05) is 7.05 Å². The first-order valence-electron chi connectivity index (χ1n) is 9.10. The van der Waals surface area contributed by atoms with Gasteiger partial charge in [0.2, 0.25) is 0 Å². The number of rotatable bonds is 1. The summed E-state index contributed by atoms with van der Waals surface area (Å²) in [5.41, 5.74) is 3.01. The Balaban J connectivity index is 1.66. The molecule has 23 heavy (non-hydrogen) atoms. The minimum Gasteiger partial charge on any atom is -0.312 e. The first kappa shape index (κ1) is 13.8. The summed E-state index contributed by atoms with van der Waals surface area (Å²) >= 11 is 0. The van der Waals surface area contributed by atoms with Crippen LogP contribution in [0, 0.1) is 0 Å². The Kier molecular flexibility index (Phi) is 2.96. The summed E-state index contributed by atoms with van der Waals surface area (Å²) in [6.07, 6.45) is 10.5. The first-order valence-corrected chi connectivity index (χ1v) is 9.10. The molecule has 0 unspecified atom stereocenters. The van der Waals surface area contributed by atoms with Crippen LogP contribution in [0.3, 0.4) is 0 Å². The number of pyridine rings is 1. The highest BCUT2D eigenvalue weighted by Crippen LogP contribution is 2.40. The van der Waals surface area contributed by atoms with Crippen LogP contribution in [0.1, 0.15) is 49.3 Å². The van der Waals surface area contributed by atoms with Crippen LogP contribution in [0.25, 0.3) is 10.8 Å². The summed E-state index contributed by atoms with van der Waals surface area (Å²) in [6.45, 7) is 0. The quantitative estimate of drug-likeness (QED) is 0.808. The maximum absolute atomic E-state index is 13.1. The van der Waals surface area contributed by atoms with Gasteiger partial charge >= 0.3 is 0 Å². The highest BCUT2D eigenvalue weighted by molar-refractivity contribution is 5.88. The number of hydrogen-bond acceptors (Lipinski definition) is 2. The normalized spacial score (nSPS) is 30.0. The van der Waals surface area contributed by atoms with Gasteiger partial charge in [0.15, 0.2) is 0 Å². The second-order valence-corrected chi connectivity index (χ2v) is 7.74. The molecule has 1 aliphatic carbocycles. The fourth-order valence-electron chi connectivity index (χ4n) is 5.34. The number of aromatic nitrogens is 1. The Hall–Kier alpha value is -1.61. The van der Waals surface area contributed by atoms with E-state index in [9.17, 15) is 4.79 Å². The number of nitrogens with zero attached hydrogens (tertiary/aromatic N) is 2. The zero-order valence-corrected chi connectivity index (χ0v) is 13.8. The molecule has 1 aromatic carbocycles. The fraction of sp³-hybridized carbons (Fsp3) is 0.550. The molecule has 120 valence electrons. The van der Waals surface area contributed by atoms with Gasteiger partial charge in [-0.1, -0.05) is 12.1 Å². The molecule has 5 rings (SSSR count). The minimum atomic E-state index is 0.237. The number of aryl methyl sites for hydroxylation is 2. The molecule has 0 radical (unpaired) electrons. The summed E-state index contributed by atoms with van der Waals surface area (Å²) in [5, 5.41) is 2.21. The average Bonchev–Trinajstić information content (AvgIpc) is 2.79. The van der Waals surface area contributed by atoms with E-state index in [1.807, 2.05) is 6.07 Å². The summed E-state index contributed by atoms with van der Waals surface area (Å²) < 4.78 is 2.10. The predicted octanol–water partition coefficient (Wildman–Crippen LogP) is 3.29.